The van der Waals surface area contributed by atoms with Gasteiger partial charge >= 0.3 is 0 Å². The van der Waals surface area contributed by atoms with E-state index in [2.05, 4.69) is 16.3 Å². The van der Waals surface area contributed by atoms with Crippen LogP contribution in [0.2, 0.25) is 0 Å². The van der Waals surface area contributed by atoms with Crippen molar-refractivity contribution in [3.63, 3.8) is 0 Å². The molecule has 3 rings (SSSR count). The van der Waals surface area contributed by atoms with Gasteiger partial charge in [0.05, 0.1) is 13.2 Å². The number of morpholine rings is 1. The van der Waals surface area contributed by atoms with E-state index in [4.69, 9.17) is 9.15 Å². The number of thiophene rings is 1. The molecule has 3 heterocycles. The van der Waals surface area contributed by atoms with Crippen molar-refractivity contribution in [2.75, 3.05) is 19.7 Å². The zero-order chi connectivity index (χ0) is 17.1. The monoisotopic (exact) mass is 349 g/mol. The number of aromatic nitrogens is 2. The van der Waals surface area contributed by atoms with E-state index in [0.717, 1.165) is 6.42 Å². The Labute approximate surface area is 145 Å². The van der Waals surface area contributed by atoms with Crippen LogP contribution in [0.1, 0.15) is 49.5 Å². The van der Waals surface area contributed by atoms with E-state index in [1.807, 2.05) is 37.1 Å². The highest BCUT2D eigenvalue weighted by molar-refractivity contribution is 7.09. The summed E-state index contributed by atoms with van der Waals surface area (Å²) in [6.45, 7) is 7.54. The summed E-state index contributed by atoms with van der Waals surface area (Å²) >= 11 is 1.69. The van der Waals surface area contributed by atoms with Crippen molar-refractivity contribution >= 4 is 17.2 Å². The largest absolute Gasteiger partial charge is 0.422 e. The van der Waals surface area contributed by atoms with Crippen LogP contribution >= 0.6 is 11.3 Å². The summed E-state index contributed by atoms with van der Waals surface area (Å²) in [5.74, 6) is 1.35. The summed E-state index contributed by atoms with van der Waals surface area (Å²) in [5, 5.41) is 10.2. The minimum atomic E-state index is -0.336. The summed E-state index contributed by atoms with van der Waals surface area (Å²) in [6, 6.07) is 4.09. The molecule has 130 valence electrons. The van der Waals surface area contributed by atoms with Crippen molar-refractivity contribution in [1.82, 2.24) is 15.1 Å². The first-order valence-electron chi connectivity index (χ1n) is 8.30. The molecule has 2 aromatic rings. The third-order valence-electron chi connectivity index (χ3n) is 4.11. The smallest absolute Gasteiger partial charge is 0.247 e. The van der Waals surface area contributed by atoms with Gasteiger partial charge in [0.2, 0.25) is 17.7 Å². The van der Waals surface area contributed by atoms with Crippen LogP contribution in [0.15, 0.2) is 21.9 Å². The van der Waals surface area contributed by atoms with E-state index in [1.54, 1.807) is 11.3 Å². The van der Waals surface area contributed by atoms with Gasteiger partial charge in [-0.1, -0.05) is 26.8 Å². The van der Waals surface area contributed by atoms with Gasteiger partial charge in [-0.3, -0.25) is 4.79 Å². The lowest BCUT2D eigenvalue weighted by Gasteiger charge is -2.33. The van der Waals surface area contributed by atoms with Crippen LogP contribution in [0.5, 0.6) is 0 Å². The summed E-state index contributed by atoms with van der Waals surface area (Å²) in [7, 11) is 0. The summed E-state index contributed by atoms with van der Waals surface area (Å²) in [5.41, 5.74) is 0. The van der Waals surface area contributed by atoms with Gasteiger partial charge in [-0.15, -0.1) is 21.5 Å². The summed E-state index contributed by atoms with van der Waals surface area (Å²) < 4.78 is 11.4. The fourth-order valence-electron chi connectivity index (χ4n) is 2.74. The van der Waals surface area contributed by atoms with Gasteiger partial charge in [-0.25, -0.2) is 0 Å². The first-order chi connectivity index (χ1) is 11.5. The molecule has 1 saturated heterocycles. The lowest BCUT2D eigenvalue weighted by atomic mass is 10.0. The van der Waals surface area contributed by atoms with Crippen molar-refractivity contribution in [3.05, 3.63) is 34.2 Å². The highest BCUT2D eigenvalue weighted by atomic mass is 32.1. The Morgan fingerprint density at radius 3 is 2.92 bits per heavy atom. The topological polar surface area (TPSA) is 68.5 Å². The van der Waals surface area contributed by atoms with Crippen LogP contribution in [0.25, 0.3) is 0 Å². The van der Waals surface area contributed by atoms with Gasteiger partial charge in [-0.2, -0.15) is 0 Å². The van der Waals surface area contributed by atoms with Gasteiger partial charge in [0.15, 0.2) is 6.10 Å². The van der Waals surface area contributed by atoms with Crippen LogP contribution in [0, 0.1) is 5.92 Å². The Bertz CT molecular complexity index is 668. The molecule has 0 saturated carbocycles. The highest BCUT2D eigenvalue weighted by Crippen LogP contribution is 2.25. The molecule has 1 aliphatic heterocycles. The van der Waals surface area contributed by atoms with Gasteiger partial charge in [-0.05, 0) is 17.9 Å². The van der Waals surface area contributed by atoms with Gasteiger partial charge < -0.3 is 14.1 Å². The zero-order valence-corrected chi connectivity index (χ0v) is 15.1. The lowest BCUT2D eigenvalue weighted by Crippen LogP contribution is -2.44. The molecule has 0 bridgehead atoms. The third kappa shape index (κ3) is 3.84. The second-order valence-corrected chi connectivity index (χ2v) is 7.49. The van der Waals surface area contributed by atoms with E-state index in [9.17, 15) is 4.79 Å². The number of ether oxygens (including phenoxy) is 1. The van der Waals surface area contributed by atoms with Gasteiger partial charge in [0, 0.05) is 23.3 Å². The minimum Gasteiger partial charge on any atom is -0.422 e. The van der Waals surface area contributed by atoms with E-state index in [1.165, 1.54) is 4.88 Å². The molecule has 0 radical (unpaired) electrons. The van der Waals surface area contributed by atoms with Crippen LogP contribution in [0.3, 0.4) is 0 Å². The number of hydrogen-bond donors (Lipinski definition) is 0. The van der Waals surface area contributed by atoms with Crippen molar-refractivity contribution in [2.24, 2.45) is 5.92 Å². The number of hydrogen-bond acceptors (Lipinski definition) is 6. The molecule has 2 atom stereocenters. The molecule has 1 aliphatic rings. The molecular weight excluding hydrogens is 326 g/mol. The Morgan fingerprint density at radius 2 is 2.25 bits per heavy atom. The van der Waals surface area contributed by atoms with Gasteiger partial charge in [0.1, 0.15) is 0 Å². The van der Waals surface area contributed by atoms with Crippen molar-refractivity contribution < 1.29 is 13.9 Å². The maximum Gasteiger partial charge on any atom is 0.247 e. The fourth-order valence-corrected chi connectivity index (χ4v) is 3.57. The third-order valence-corrected chi connectivity index (χ3v) is 5.01. The Hall–Kier alpha value is -1.73. The minimum absolute atomic E-state index is 0.0451. The Kier molecular flexibility index (Phi) is 5.30. The van der Waals surface area contributed by atoms with Crippen molar-refractivity contribution in [2.45, 2.75) is 39.2 Å². The number of carbonyl (C=O) groups excluding carboxylic acids is 1. The van der Waals surface area contributed by atoms with Crippen molar-refractivity contribution in [3.8, 4) is 0 Å². The van der Waals surface area contributed by atoms with Crippen LogP contribution in [-0.4, -0.2) is 40.7 Å². The predicted molar refractivity (Wildman–Crippen MR) is 90.8 cm³/mol. The quantitative estimate of drug-likeness (QED) is 0.830. The molecule has 6 nitrogen and oxygen atoms in total. The molecule has 0 unspecified atom stereocenters. The molecule has 24 heavy (non-hydrogen) atoms. The average molecular weight is 349 g/mol. The van der Waals surface area contributed by atoms with Crippen molar-refractivity contribution in [1.29, 1.82) is 0 Å². The number of amides is 1. The first kappa shape index (κ1) is 17.1. The lowest BCUT2D eigenvalue weighted by molar-refractivity contribution is -0.143. The van der Waals surface area contributed by atoms with E-state index in [-0.39, 0.29) is 23.8 Å². The molecule has 2 aromatic heterocycles. The standard InChI is InChI=1S/C17H23N3O3S/c1-11(2)15-18-19-16(23-15)14-10-20(6-7-22-14)17(21)12(3)9-13-5-4-8-24-13/h4-5,8,11-12,14H,6-7,9-10H2,1-3H3/t12-,14+/m1/s1. The Morgan fingerprint density at radius 1 is 1.42 bits per heavy atom. The maximum absolute atomic E-state index is 12.7. The number of carbonyl (C=O) groups is 1. The van der Waals surface area contributed by atoms with E-state index in [0.29, 0.717) is 31.5 Å². The molecule has 1 amide bonds. The summed E-state index contributed by atoms with van der Waals surface area (Å²) in [4.78, 5) is 15.8. The molecule has 1 fully saturated rings. The van der Waals surface area contributed by atoms with Gasteiger partial charge in [0.25, 0.3) is 0 Å². The molecule has 7 heteroatoms. The molecule has 0 spiro atoms. The average Bonchev–Trinajstić information content (AvgIpc) is 3.25. The second-order valence-electron chi connectivity index (χ2n) is 6.46. The molecular formula is C17H23N3O3S. The zero-order valence-electron chi connectivity index (χ0n) is 14.3. The number of rotatable bonds is 5. The maximum atomic E-state index is 12.7. The first-order valence-corrected chi connectivity index (χ1v) is 9.18. The van der Waals surface area contributed by atoms with E-state index < -0.39 is 0 Å². The molecule has 0 aliphatic carbocycles. The fraction of sp³-hybridized carbons (Fsp3) is 0.588. The second kappa shape index (κ2) is 7.44. The summed E-state index contributed by atoms with van der Waals surface area (Å²) in [6.07, 6.45) is 0.438. The number of nitrogens with zero attached hydrogens (tertiary/aromatic N) is 3. The SMILES string of the molecule is CC(C)c1nnc([C@@H]2CN(C(=O)[C@H](C)Cc3cccs3)CCO2)o1. The predicted octanol–water partition coefficient (Wildman–Crippen LogP) is 3.03. The van der Waals surface area contributed by atoms with E-state index >= 15 is 0 Å². The normalized spacial score (nSPS) is 19.7. The van der Waals surface area contributed by atoms with Crippen LogP contribution < -0.4 is 0 Å². The Balaban J connectivity index is 1.62. The highest BCUT2D eigenvalue weighted by Gasteiger charge is 2.31. The molecule has 0 aromatic carbocycles. The van der Waals surface area contributed by atoms with Crippen LogP contribution in [0.4, 0.5) is 0 Å². The van der Waals surface area contributed by atoms with Crippen LogP contribution in [-0.2, 0) is 16.0 Å². The molecule has 0 N–H and O–H groups in total.